The number of nitrogens with two attached hydrogens (primary N) is 1. The van der Waals surface area contributed by atoms with Crippen LogP contribution in [0.3, 0.4) is 0 Å². The molecule has 2 atom stereocenters. The van der Waals surface area contributed by atoms with Crippen LogP contribution in [-0.4, -0.2) is 92.5 Å². The average Bonchev–Trinajstić information content (AvgIpc) is 2.55. The van der Waals surface area contributed by atoms with Crippen molar-refractivity contribution in [2.24, 2.45) is 16.6 Å². The van der Waals surface area contributed by atoms with Crippen LogP contribution in [0.15, 0.2) is 4.99 Å². The Morgan fingerprint density at radius 3 is 2.62 bits per heavy atom. The number of carbonyl (C=O) groups is 1. The van der Waals surface area contributed by atoms with E-state index in [1.807, 2.05) is 7.05 Å². The predicted molar refractivity (Wildman–Crippen MR) is 98.0 cm³/mol. The molecule has 2 aliphatic heterocycles. The van der Waals surface area contributed by atoms with E-state index in [-0.39, 0.29) is 5.91 Å². The molecule has 2 aliphatic rings. The number of rotatable bonds is 5. The van der Waals surface area contributed by atoms with Gasteiger partial charge >= 0.3 is 0 Å². The molecule has 3 N–H and O–H groups in total. The molecule has 7 heteroatoms. The number of nitrogens with one attached hydrogen (secondary N) is 1. The molecule has 138 valence electrons. The highest BCUT2D eigenvalue weighted by Gasteiger charge is 2.24. The molecule has 2 rings (SSSR count). The first-order valence-electron chi connectivity index (χ1n) is 9.16. The van der Waals surface area contributed by atoms with Crippen molar-refractivity contribution >= 4 is 11.9 Å². The van der Waals surface area contributed by atoms with E-state index < -0.39 is 0 Å². The van der Waals surface area contributed by atoms with E-state index in [1.165, 1.54) is 0 Å². The maximum Gasteiger partial charge on any atom is 0.217 e. The Bertz CT molecular complexity index is 433. The predicted octanol–water partition coefficient (Wildman–Crippen LogP) is -0.215. The lowest BCUT2D eigenvalue weighted by molar-refractivity contribution is -0.119. The lowest BCUT2D eigenvalue weighted by Crippen LogP contribution is -2.53. The number of hydrogen-bond donors (Lipinski definition) is 2. The van der Waals surface area contributed by atoms with Crippen LogP contribution in [0, 0.1) is 5.92 Å². The minimum absolute atomic E-state index is 0.200. The topological polar surface area (TPSA) is 77.2 Å². The van der Waals surface area contributed by atoms with Crippen molar-refractivity contribution in [1.29, 1.82) is 0 Å². The normalized spacial score (nSPS) is 25.5. The fraction of sp³-hybridized carbons (Fsp3) is 0.882. The van der Waals surface area contributed by atoms with Crippen molar-refractivity contribution in [2.75, 3.05) is 59.9 Å². The zero-order valence-electron chi connectivity index (χ0n) is 15.5. The summed E-state index contributed by atoms with van der Waals surface area (Å²) in [6.07, 6.45) is 2.64. The number of hydrogen-bond acceptors (Lipinski definition) is 4. The maximum absolute atomic E-state index is 11.2. The van der Waals surface area contributed by atoms with Gasteiger partial charge < -0.3 is 20.9 Å². The van der Waals surface area contributed by atoms with Gasteiger partial charge in [0.25, 0.3) is 0 Å². The number of likely N-dealkylation sites (N-methyl/N-ethyl adjacent to an activating group) is 1. The highest BCUT2D eigenvalue weighted by Crippen LogP contribution is 2.19. The van der Waals surface area contributed by atoms with E-state index in [9.17, 15) is 4.79 Å². The molecule has 1 amide bonds. The molecule has 0 aromatic carbocycles. The minimum Gasteiger partial charge on any atom is -0.370 e. The Kier molecular flexibility index (Phi) is 7.30. The zero-order chi connectivity index (χ0) is 17.5. The summed E-state index contributed by atoms with van der Waals surface area (Å²) in [5.41, 5.74) is 5.36. The van der Waals surface area contributed by atoms with E-state index in [0.717, 1.165) is 64.6 Å². The quantitative estimate of drug-likeness (QED) is 0.536. The number of carbonyl (C=O) groups excluding carboxylic acids is 1. The van der Waals surface area contributed by atoms with Crippen molar-refractivity contribution < 1.29 is 4.79 Å². The van der Waals surface area contributed by atoms with Gasteiger partial charge in [-0.25, -0.2) is 0 Å². The number of amides is 1. The number of aliphatic imine (C=N–C) groups is 1. The van der Waals surface area contributed by atoms with Crippen molar-refractivity contribution in [1.82, 2.24) is 20.0 Å². The van der Waals surface area contributed by atoms with Gasteiger partial charge in [-0.05, 0) is 32.7 Å². The van der Waals surface area contributed by atoms with E-state index in [2.05, 4.69) is 39.0 Å². The number of nitrogens with zero attached hydrogens (tertiary/aromatic N) is 4. The van der Waals surface area contributed by atoms with E-state index in [0.29, 0.717) is 18.4 Å². The van der Waals surface area contributed by atoms with Gasteiger partial charge in [0, 0.05) is 65.3 Å². The second kappa shape index (κ2) is 9.22. The monoisotopic (exact) mass is 338 g/mol. The summed E-state index contributed by atoms with van der Waals surface area (Å²) in [5, 5.41) is 3.53. The number of piperidine rings is 1. The Balaban J connectivity index is 1.80. The van der Waals surface area contributed by atoms with Crippen molar-refractivity contribution in [2.45, 2.75) is 32.2 Å². The third-order valence-electron chi connectivity index (χ3n) is 5.24. The van der Waals surface area contributed by atoms with Gasteiger partial charge in [0.15, 0.2) is 5.96 Å². The number of guanidine groups is 1. The molecular weight excluding hydrogens is 304 g/mol. The second-order valence-corrected chi connectivity index (χ2v) is 7.24. The molecule has 24 heavy (non-hydrogen) atoms. The third kappa shape index (κ3) is 5.63. The van der Waals surface area contributed by atoms with Crippen molar-refractivity contribution in [3.8, 4) is 0 Å². The highest BCUT2D eigenvalue weighted by atomic mass is 16.1. The summed E-state index contributed by atoms with van der Waals surface area (Å²) in [4.78, 5) is 22.8. The van der Waals surface area contributed by atoms with Crippen LogP contribution in [0.1, 0.15) is 26.2 Å². The SMILES string of the molecule is CN=C(NCC(C)N1CCN(C)CC1)N1CCCC(CC(N)=O)C1. The first-order chi connectivity index (χ1) is 11.5. The van der Waals surface area contributed by atoms with Gasteiger partial charge in [-0.15, -0.1) is 0 Å². The molecule has 0 spiro atoms. The second-order valence-electron chi connectivity index (χ2n) is 7.24. The summed E-state index contributed by atoms with van der Waals surface area (Å²) >= 11 is 0. The fourth-order valence-electron chi connectivity index (χ4n) is 3.67. The van der Waals surface area contributed by atoms with Crippen LogP contribution in [0.5, 0.6) is 0 Å². The van der Waals surface area contributed by atoms with Crippen molar-refractivity contribution in [3.05, 3.63) is 0 Å². The first-order valence-corrected chi connectivity index (χ1v) is 9.16. The lowest BCUT2D eigenvalue weighted by Gasteiger charge is -2.38. The molecule has 0 aliphatic carbocycles. The molecule has 0 aromatic rings. The molecule has 0 bridgehead atoms. The number of primary amides is 1. The first kappa shape index (κ1) is 19.0. The molecular formula is C17H34N6O. The summed E-state index contributed by atoms with van der Waals surface area (Å²) in [6.45, 7) is 9.57. The summed E-state index contributed by atoms with van der Waals surface area (Å²) < 4.78 is 0. The van der Waals surface area contributed by atoms with Gasteiger partial charge in [0.05, 0.1) is 0 Å². The van der Waals surface area contributed by atoms with Gasteiger partial charge in [-0.1, -0.05) is 0 Å². The van der Waals surface area contributed by atoms with E-state index >= 15 is 0 Å². The Morgan fingerprint density at radius 2 is 2.00 bits per heavy atom. The summed E-state index contributed by atoms with van der Waals surface area (Å²) in [5.74, 6) is 1.10. The molecule has 0 aromatic heterocycles. The summed E-state index contributed by atoms with van der Waals surface area (Å²) in [7, 11) is 4.02. The Hall–Kier alpha value is -1.34. The lowest BCUT2D eigenvalue weighted by atomic mass is 9.95. The van der Waals surface area contributed by atoms with Crippen molar-refractivity contribution in [3.63, 3.8) is 0 Å². The van der Waals surface area contributed by atoms with Crippen LogP contribution in [0.2, 0.25) is 0 Å². The Labute approximate surface area is 146 Å². The zero-order valence-corrected chi connectivity index (χ0v) is 15.5. The van der Waals surface area contributed by atoms with Crippen LogP contribution in [0.4, 0.5) is 0 Å². The fourth-order valence-corrected chi connectivity index (χ4v) is 3.67. The van der Waals surface area contributed by atoms with Gasteiger partial charge in [0.1, 0.15) is 0 Å². The third-order valence-corrected chi connectivity index (χ3v) is 5.24. The molecule has 7 nitrogen and oxygen atoms in total. The number of likely N-dealkylation sites (tertiary alicyclic amines) is 1. The molecule has 2 fully saturated rings. The summed E-state index contributed by atoms with van der Waals surface area (Å²) in [6, 6.07) is 0.488. The number of piperazine rings is 1. The molecule has 0 radical (unpaired) electrons. The van der Waals surface area contributed by atoms with Crippen LogP contribution >= 0.6 is 0 Å². The largest absolute Gasteiger partial charge is 0.370 e. The minimum atomic E-state index is -0.200. The van der Waals surface area contributed by atoms with Gasteiger partial charge in [0.2, 0.25) is 5.91 Å². The average molecular weight is 339 g/mol. The highest BCUT2D eigenvalue weighted by molar-refractivity contribution is 5.80. The standard InChI is InChI=1S/C17H34N6O/c1-14(22-9-7-21(3)8-10-22)12-20-17(19-2)23-6-4-5-15(13-23)11-16(18)24/h14-15H,4-13H2,1-3H3,(H2,18,24)(H,19,20). The Morgan fingerprint density at radius 1 is 1.29 bits per heavy atom. The van der Waals surface area contributed by atoms with E-state index in [4.69, 9.17) is 5.73 Å². The molecule has 2 saturated heterocycles. The van der Waals surface area contributed by atoms with Crippen LogP contribution in [-0.2, 0) is 4.79 Å². The molecule has 2 unspecified atom stereocenters. The maximum atomic E-state index is 11.2. The van der Waals surface area contributed by atoms with Crippen LogP contribution in [0.25, 0.3) is 0 Å². The molecule has 0 saturated carbocycles. The van der Waals surface area contributed by atoms with Gasteiger partial charge in [-0.3, -0.25) is 14.7 Å². The molecule has 2 heterocycles. The van der Waals surface area contributed by atoms with Gasteiger partial charge in [-0.2, -0.15) is 0 Å². The van der Waals surface area contributed by atoms with Crippen LogP contribution < -0.4 is 11.1 Å². The van der Waals surface area contributed by atoms with E-state index in [1.54, 1.807) is 0 Å². The smallest absolute Gasteiger partial charge is 0.217 e.